The summed E-state index contributed by atoms with van der Waals surface area (Å²) in [6, 6.07) is 10.9. The van der Waals surface area contributed by atoms with Crippen molar-refractivity contribution in [3.05, 3.63) is 52.0 Å². The molecular formula is C21H24BrN3O4. The number of carbonyl (C=O) groups is 2. The quantitative estimate of drug-likeness (QED) is 0.739. The maximum Gasteiger partial charge on any atom is 0.322 e. The number of anilines is 1. The Balaban J connectivity index is 1.63. The number of hydrogen-bond donors (Lipinski definition) is 1. The predicted octanol–water partition coefficient (Wildman–Crippen LogP) is 3.51. The molecule has 0 unspecified atom stereocenters. The van der Waals surface area contributed by atoms with Crippen molar-refractivity contribution >= 4 is 33.6 Å². The summed E-state index contributed by atoms with van der Waals surface area (Å²) < 4.78 is 11.5. The van der Waals surface area contributed by atoms with Crippen LogP contribution in [0.25, 0.3) is 0 Å². The minimum absolute atomic E-state index is 0.00108. The van der Waals surface area contributed by atoms with E-state index in [4.69, 9.17) is 9.47 Å². The molecule has 3 rings (SSSR count). The molecule has 29 heavy (non-hydrogen) atoms. The number of likely N-dealkylation sites (N-methyl/N-ethyl adjacent to an activating group) is 1. The highest BCUT2D eigenvalue weighted by molar-refractivity contribution is 9.10. The first-order chi connectivity index (χ1) is 13.9. The van der Waals surface area contributed by atoms with Gasteiger partial charge in [0.15, 0.2) is 11.5 Å². The summed E-state index contributed by atoms with van der Waals surface area (Å²) in [5.41, 5.74) is 2.83. The molecule has 1 aliphatic rings. The number of halogens is 1. The number of nitrogens with zero attached hydrogens (tertiary/aromatic N) is 2. The summed E-state index contributed by atoms with van der Waals surface area (Å²) in [5, 5.41) is 2.80. The minimum Gasteiger partial charge on any atom is -0.493 e. The van der Waals surface area contributed by atoms with Gasteiger partial charge in [-0.2, -0.15) is 0 Å². The van der Waals surface area contributed by atoms with E-state index in [1.54, 1.807) is 32.2 Å². The molecule has 0 fully saturated rings. The number of ether oxygens (including phenoxy) is 2. The van der Waals surface area contributed by atoms with E-state index >= 15 is 0 Å². The maximum absolute atomic E-state index is 12.8. The van der Waals surface area contributed by atoms with Gasteiger partial charge in [0.25, 0.3) is 0 Å². The third kappa shape index (κ3) is 4.82. The summed E-state index contributed by atoms with van der Waals surface area (Å²) in [4.78, 5) is 28.3. The number of carbonyl (C=O) groups excluding carboxylic acids is 2. The van der Waals surface area contributed by atoms with Gasteiger partial charge in [-0.25, -0.2) is 4.79 Å². The van der Waals surface area contributed by atoms with E-state index in [0.29, 0.717) is 30.3 Å². The molecule has 3 amide bonds. The van der Waals surface area contributed by atoms with Gasteiger partial charge in [0, 0.05) is 24.6 Å². The molecule has 1 N–H and O–H groups in total. The Bertz CT molecular complexity index is 919. The molecule has 1 aliphatic heterocycles. The molecule has 154 valence electrons. The van der Waals surface area contributed by atoms with Crippen molar-refractivity contribution in [1.82, 2.24) is 9.80 Å². The molecule has 2 aromatic rings. The van der Waals surface area contributed by atoms with E-state index < -0.39 is 0 Å². The van der Waals surface area contributed by atoms with Crippen molar-refractivity contribution < 1.29 is 19.1 Å². The van der Waals surface area contributed by atoms with Gasteiger partial charge >= 0.3 is 6.03 Å². The number of hydrogen-bond acceptors (Lipinski definition) is 4. The molecule has 0 radical (unpaired) electrons. The van der Waals surface area contributed by atoms with Crippen LogP contribution in [-0.2, 0) is 17.8 Å². The highest BCUT2D eigenvalue weighted by atomic mass is 79.9. The molecular weight excluding hydrogens is 438 g/mol. The van der Waals surface area contributed by atoms with Crippen LogP contribution in [0.15, 0.2) is 40.9 Å². The Kier molecular flexibility index (Phi) is 6.64. The third-order valence-electron chi connectivity index (χ3n) is 4.91. The van der Waals surface area contributed by atoms with Crippen LogP contribution < -0.4 is 14.8 Å². The number of rotatable bonds is 5. The van der Waals surface area contributed by atoms with E-state index in [1.165, 1.54) is 4.90 Å². The molecule has 0 aliphatic carbocycles. The number of nitrogens with one attached hydrogen (secondary N) is 1. The molecule has 7 nitrogen and oxygen atoms in total. The molecule has 0 saturated carbocycles. The smallest absolute Gasteiger partial charge is 0.322 e. The largest absolute Gasteiger partial charge is 0.493 e. The van der Waals surface area contributed by atoms with Crippen LogP contribution >= 0.6 is 15.9 Å². The Labute approximate surface area is 178 Å². The van der Waals surface area contributed by atoms with Gasteiger partial charge in [-0.05, 0) is 57.7 Å². The Hall–Kier alpha value is -2.74. The zero-order valence-corrected chi connectivity index (χ0v) is 18.3. The monoisotopic (exact) mass is 461 g/mol. The molecule has 0 aromatic heterocycles. The zero-order chi connectivity index (χ0) is 21.0. The van der Waals surface area contributed by atoms with E-state index in [2.05, 4.69) is 21.2 Å². The van der Waals surface area contributed by atoms with Crippen LogP contribution in [0, 0.1) is 0 Å². The van der Waals surface area contributed by atoms with Gasteiger partial charge in [-0.15, -0.1) is 0 Å². The second kappa shape index (κ2) is 9.17. The fourth-order valence-corrected chi connectivity index (χ4v) is 3.63. The molecule has 0 bridgehead atoms. The number of benzene rings is 2. The number of amides is 3. The average molecular weight is 462 g/mol. The van der Waals surface area contributed by atoms with Crippen molar-refractivity contribution in [2.24, 2.45) is 0 Å². The lowest BCUT2D eigenvalue weighted by molar-refractivity contribution is -0.132. The fraction of sp³-hybridized carbons (Fsp3) is 0.333. The van der Waals surface area contributed by atoms with Crippen molar-refractivity contribution in [2.75, 3.05) is 39.7 Å². The molecule has 2 aromatic carbocycles. The fourth-order valence-electron chi connectivity index (χ4n) is 3.24. The highest BCUT2D eigenvalue weighted by Gasteiger charge is 2.24. The van der Waals surface area contributed by atoms with Gasteiger partial charge in [-0.1, -0.05) is 12.1 Å². The van der Waals surface area contributed by atoms with Gasteiger partial charge in [0.05, 0.1) is 19.9 Å². The van der Waals surface area contributed by atoms with Crippen LogP contribution in [0.1, 0.15) is 11.1 Å². The summed E-state index contributed by atoms with van der Waals surface area (Å²) in [7, 11) is 4.81. The zero-order valence-electron chi connectivity index (χ0n) is 16.7. The van der Waals surface area contributed by atoms with E-state index in [0.717, 1.165) is 22.0 Å². The number of para-hydroxylation sites is 1. The second-order valence-electron chi connectivity index (χ2n) is 6.81. The summed E-state index contributed by atoms with van der Waals surface area (Å²) in [5.74, 6) is 1.23. The first kappa shape index (κ1) is 21.0. The van der Waals surface area contributed by atoms with Gasteiger partial charge in [0.2, 0.25) is 5.91 Å². The number of fused-ring (bicyclic) bond motifs is 1. The third-order valence-corrected chi connectivity index (χ3v) is 5.60. The van der Waals surface area contributed by atoms with E-state index in [-0.39, 0.29) is 18.5 Å². The highest BCUT2D eigenvalue weighted by Crippen LogP contribution is 2.33. The molecule has 1 heterocycles. The maximum atomic E-state index is 12.8. The van der Waals surface area contributed by atoms with Crippen LogP contribution in [0.2, 0.25) is 0 Å². The Morgan fingerprint density at radius 1 is 1.14 bits per heavy atom. The summed E-state index contributed by atoms with van der Waals surface area (Å²) >= 11 is 3.40. The van der Waals surface area contributed by atoms with Crippen molar-refractivity contribution in [1.29, 1.82) is 0 Å². The lowest BCUT2D eigenvalue weighted by Gasteiger charge is -2.31. The second-order valence-corrected chi connectivity index (χ2v) is 7.66. The molecule has 8 heteroatoms. The van der Waals surface area contributed by atoms with Crippen LogP contribution in [0.5, 0.6) is 11.5 Å². The van der Waals surface area contributed by atoms with Gasteiger partial charge in [0.1, 0.15) is 6.54 Å². The SMILES string of the molecule is COc1cc2c(cc1OC)CN(C(=O)CN(C)C(=O)Nc1ccccc1Br)CC2. The summed E-state index contributed by atoms with van der Waals surface area (Å²) in [6.45, 7) is 1.08. The van der Waals surface area contributed by atoms with Crippen LogP contribution in [-0.4, -0.2) is 56.1 Å². The van der Waals surface area contributed by atoms with Gasteiger partial charge < -0.3 is 24.6 Å². The van der Waals surface area contributed by atoms with E-state index in [1.807, 2.05) is 30.3 Å². The first-order valence-corrected chi connectivity index (χ1v) is 10.0. The first-order valence-electron chi connectivity index (χ1n) is 9.21. The summed E-state index contributed by atoms with van der Waals surface area (Å²) in [6.07, 6.45) is 0.730. The lowest BCUT2D eigenvalue weighted by atomic mass is 9.98. The lowest BCUT2D eigenvalue weighted by Crippen LogP contribution is -2.44. The normalized spacial score (nSPS) is 12.8. The molecule has 0 spiro atoms. The van der Waals surface area contributed by atoms with E-state index in [9.17, 15) is 9.59 Å². The van der Waals surface area contributed by atoms with Gasteiger partial charge in [-0.3, -0.25) is 4.79 Å². The van der Waals surface area contributed by atoms with Crippen LogP contribution in [0.4, 0.5) is 10.5 Å². The Morgan fingerprint density at radius 3 is 2.45 bits per heavy atom. The van der Waals surface area contributed by atoms with Crippen molar-refractivity contribution in [3.63, 3.8) is 0 Å². The Morgan fingerprint density at radius 2 is 1.79 bits per heavy atom. The van der Waals surface area contributed by atoms with Crippen LogP contribution in [0.3, 0.4) is 0 Å². The standard InChI is InChI=1S/C21H24BrN3O4/c1-24(21(27)23-17-7-5-4-6-16(17)22)13-20(26)25-9-8-14-10-18(28-2)19(29-3)11-15(14)12-25/h4-7,10-11H,8-9,12-13H2,1-3H3,(H,23,27). The topological polar surface area (TPSA) is 71.1 Å². The average Bonchev–Trinajstić information content (AvgIpc) is 2.73. The minimum atomic E-state index is -0.339. The number of urea groups is 1. The molecule has 0 atom stereocenters. The number of methoxy groups -OCH3 is 2. The predicted molar refractivity (Wildman–Crippen MR) is 114 cm³/mol. The van der Waals surface area contributed by atoms with Crippen molar-refractivity contribution in [3.8, 4) is 11.5 Å². The molecule has 0 saturated heterocycles. The van der Waals surface area contributed by atoms with Crippen molar-refractivity contribution in [2.45, 2.75) is 13.0 Å².